The summed E-state index contributed by atoms with van der Waals surface area (Å²) in [6, 6.07) is 9.19. The van der Waals surface area contributed by atoms with Crippen molar-refractivity contribution in [3.63, 3.8) is 0 Å². The molecule has 0 unspecified atom stereocenters. The molecule has 2 heterocycles. The van der Waals surface area contributed by atoms with Crippen LogP contribution in [0.5, 0.6) is 0 Å². The molecule has 0 spiro atoms. The van der Waals surface area contributed by atoms with Crippen LogP contribution in [0.15, 0.2) is 53.6 Å². The Hall–Kier alpha value is -3.29. The van der Waals surface area contributed by atoms with Crippen LogP contribution in [0.4, 0.5) is 4.39 Å². The van der Waals surface area contributed by atoms with E-state index in [4.69, 9.17) is 0 Å². The highest BCUT2D eigenvalue weighted by atomic mass is 19.1. The predicted molar refractivity (Wildman–Crippen MR) is 89.4 cm³/mol. The summed E-state index contributed by atoms with van der Waals surface area (Å²) < 4.78 is 15.9. The minimum Gasteiger partial charge on any atom is -0.349 e. The number of amides is 1. The molecule has 7 nitrogen and oxygen atoms in total. The lowest BCUT2D eigenvalue weighted by Gasteiger charge is -2.06. The standard InChI is InChI=1S/C17H16FN5O2/c1-22-15(11-14(21-22)12-3-5-13(18)6-4-12)16(24)19-8-10-23-9-2-7-20-17(23)25/h2-7,9,11H,8,10H2,1H3,(H,19,24). The van der Waals surface area contributed by atoms with E-state index in [1.54, 1.807) is 37.5 Å². The zero-order chi connectivity index (χ0) is 17.8. The third-order valence-corrected chi connectivity index (χ3v) is 3.67. The molecule has 8 heteroatoms. The average molecular weight is 341 g/mol. The van der Waals surface area contributed by atoms with Crippen molar-refractivity contribution in [2.75, 3.05) is 6.54 Å². The lowest BCUT2D eigenvalue weighted by Crippen LogP contribution is -2.32. The summed E-state index contributed by atoms with van der Waals surface area (Å²) in [6.07, 6.45) is 3.03. The van der Waals surface area contributed by atoms with Gasteiger partial charge in [0, 0.05) is 38.1 Å². The summed E-state index contributed by atoms with van der Waals surface area (Å²) in [6.45, 7) is 0.600. The van der Waals surface area contributed by atoms with E-state index < -0.39 is 0 Å². The molecule has 0 aliphatic heterocycles. The number of carbonyl (C=O) groups excluding carboxylic acids is 1. The maximum absolute atomic E-state index is 13.0. The summed E-state index contributed by atoms with van der Waals surface area (Å²) in [4.78, 5) is 27.5. The van der Waals surface area contributed by atoms with Crippen LogP contribution in [0, 0.1) is 5.82 Å². The fourth-order valence-corrected chi connectivity index (χ4v) is 2.38. The van der Waals surface area contributed by atoms with Crippen molar-refractivity contribution in [1.82, 2.24) is 24.6 Å². The number of nitrogens with one attached hydrogen (secondary N) is 1. The van der Waals surface area contributed by atoms with Gasteiger partial charge in [0.05, 0.1) is 5.69 Å². The molecular weight excluding hydrogens is 325 g/mol. The van der Waals surface area contributed by atoms with Crippen LogP contribution in [0.2, 0.25) is 0 Å². The highest BCUT2D eigenvalue weighted by Crippen LogP contribution is 2.19. The Bertz CT molecular complexity index is 946. The largest absolute Gasteiger partial charge is 0.349 e. The molecule has 0 atom stereocenters. The Balaban J connectivity index is 1.67. The van der Waals surface area contributed by atoms with Crippen molar-refractivity contribution in [2.45, 2.75) is 6.54 Å². The minimum atomic E-state index is -0.365. The first-order chi connectivity index (χ1) is 12.0. The summed E-state index contributed by atoms with van der Waals surface area (Å²) in [5, 5.41) is 7.02. The first kappa shape index (κ1) is 16.6. The zero-order valence-electron chi connectivity index (χ0n) is 13.5. The SMILES string of the molecule is Cn1nc(-c2ccc(F)cc2)cc1C(=O)NCCn1cccnc1=O. The molecule has 0 radical (unpaired) electrons. The van der Waals surface area contributed by atoms with E-state index in [-0.39, 0.29) is 24.0 Å². The van der Waals surface area contributed by atoms with Gasteiger partial charge in [0.1, 0.15) is 11.5 Å². The number of benzene rings is 1. The van der Waals surface area contributed by atoms with Gasteiger partial charge in [-0.15, -0.1) is 0 Å². The maximum atomic E-state index is 13.0. The van der Waals surface area contributed by atoms with E-state index in [9.17, 15) is 14.0 Å². The number of halogens is 1. The second kappa shape index (κ2) is 7.08. The summed E-state index contributed by atoms with van der Waals surface area (Å²) in [5.41, 5.74) is 1.31. The molecule has 0 bridgehead atoms. The molecule has 0 saturated carbocycles. The highest BCUT2D eigenvalue weighted by Gasteiger charge is 2.14. The number of aromatic nitrogens is 4. The Morgan fingerprint density at radius 2 is 2.04 bits per heavy atom. The third kappa shape index (κ3) is 3.79. The zero-order valence-corrected chi connectivity index (χ0v) is 13.5. The summed E-state index contributed by atoms with van der Waals surface area (Å²) in [5.74, 6) is -0.636. The predicted octanol–water partition coefficient (Wildman–Crippen LogP) is 1.21. The van der Waals surface area contributed by atoms with E-state index in [1.165, 1.54) is 27.6 Å². The van der Waals surface area contributed by atoms with E-state index >= 15 is 0 Å². The van der Waals surface area contributed by atoms with Crippen LogP contribution in [0.25, 0.3) is 11.3 Å². The Kier molecular flexibility index (Phi) is 4.69. The smallest absolute Gasteiger partial charge is 0.347 e. The van der Waals surface area contributed by atoms with Crippen LogP contribution in [-0.4, -0.2) is 31.8 Å². The maximum Gasteiger partial charge on any atom is 0.347 e. The lowest BCUT2D eigenvalue weighted by molar-refractivity contribution is 0.0942. The van der Waals surface area contributed by atoms with E-state index in [0.717, 1.165) is 5.56 Å². The lowest BCUT2D eigenvalue weighted by atomic mass is 10.1. The van der Waals surface area contributed by atoms with Crippen molar-refractivity contribution in [3.05, 3.63) is 70.8 Å². The van der Waals surface area contributed by atoms with Crippen molar-refractivity contribution < 1.29 is 9.18 Å². The molecule has 0 fully saturated rings. The molecule has 0 saturated heterocycles. The van der Waals surface area contributed by atoms with E-state index in [2.05, 4.69) is 15.4 Å². The van der Waals surface area contributed by atoms with Gasteiger partial charge >= 0.3 is 5.69 Å². The van der Waals surface area contributed by atoms with Crippen LogP contribution in [0.1, 0.15) is 10.5 Å². The average Bonchev–Trinajstić information content (AvgIpc) is 2.99. The molecule has 0 aliphatic carbocycles. The number of nitrogens with zero attached hydrogens (tertiary/aromatic N) is 4. The summed E-state index contributed by atoms with van der Waals surface area (Å²) in [7, 11) is 1.66. The Morgan fingerprint density at radius 1 is 1.28 bits per heavy atom. The molecule has 128 valence electrons. The Labute approximate surface area is 142 Å². The number of rotatable bonds is 5. The van der Waals surface area contributed by atoms with Crippen molar-refractivity contribution in [3.8, 4) is 11.3 Å². The fourth-order valence-electron chi connectivity index (χ4n) is 2.38. The van der Waals surface area contributed by atoms with Gasteiger partial charge in [0.2, 0.25) is 0 Å². The molecule has 3 rings (SSSR count). The monoisotopic (exact) mass is 341 g/mol. The molecule has 1 amide bonds. The third-order valence-electron chi connectivity index (χ3n) is 3.67. The first-order valence-electron chi connectivity index (χ1n) is 7.64. The molecule has 0 aliphatic rings. The molecule has 3 aromatic rings. The van der Waals surface area contributed by atoms with Gasteiger partial charge in [-0.25, -0.2) is 14.2 Å². The molecule has 2 aromatic heterocycles. The van der Waals surface area contributed by atoms with Crippen LogP contribution >= 0.6 is 0 Å². The van der Waals surface area contributed by atoms with Crippen LogP contribution < -0.4 is 11.0 Å². The first-order valence-corrected chi connectivity index (χ1v) is 7.64. The van der Waals surface area contributed by atoms with Crippen molar-refractivity contribution in [2.24, 2.45) is 7.05 Å². The van der Waals surface area contributed by atoms with Crippen molar-refractivity contribution >= 4 is 5.91 Å². The molecule has 1 N–H and O–H groups in total. The van der Waals surface area contributed by atoms with Crippen LogP contribution in [-0.2, 0) is 13.6 Å². The van der Waals surface area contributed by atoms with Gasteiger partial charge in [-0.05, 0) is 36.4 Å². The topological polar surface area (TPSA) is 81.8 Å². The van der Waals surface area contributed by atoms with Crippen LogP contribution in [0.3, 0.4) is 0 Å². The van der Waals surface area contributed by atoms with Crippen molar-refractivity contribution in [1.29, 1.82) is 0 Å². The highest BCUT2D eigenvalue weighted by molar-refractivity contribution is 5.93. The molecule has 1 aromatic carbocycles. The number of hydrogen-bond acceptors (Lipinski definition) is 4. The van der Waals surface area contributed by atoms with Gasteiger partial charge in [0.25, 0.3) is 5.91 Å². The number of hydrogen-bond donors (Lipinski definition) is 1. The summed E-state index contributed by atoms with van der Waals surface area (Å²) >= 11 is 0. The minimum absolute atomic E-state index is 0.279. The van der Waals surface area contributed by atoms with Gasteiger partial charge in [0.15, 0.2) is 0 Å². The second-order valence-corrected chi connectivity index (χ2v) is 5.40. The van der Waals surface area contributed by atoms with Gasteiger partial charge in [-0.2, -0.15) is 5.10 Å². The van der Waals surface area contributed by atoms with Gasteiger partial charge in [-0.1, -0.05) is 0 Å². The molecular formula is C17H16FN5O2. The number of aryl methyl sites for hydroxylation is 1. The van der Waals surface area contributed by atoms with Gasteiger partial charge in [-0.3, -0.25) is 14.0 Å². The Morgan fingerprint density at radius 3 is 2.76 bits per heavy atom. The van der Waals surface area contributed by atoms with E-state index in [1.807, 2.05) is 0 Å². The van der Waals surface area contributed by atoms with Gasteiger partial charge < -0.3 is 5.32 Å². The number of carbonyl (C=O) groups is 1. The quantitative estimate of drug-likeness (QED) is 0.756. The fraction of sp³-hybridized carbons (Fsp3) is 0.176. The van der Waals surface area contributed by atoms with E-state index in [0.29, 0.717) is 17.9 Å². The normalized spacial score (nSPS) is 10.6. The second-order valence-electron chi connectivity index (χ2n) is 5.40. The molecule has 25 heavy (non-hydrogen) atoms.